The SMILES string of the molecule is CCCCC(CCCCO)Nc1ccc(C(=O)O)cc1. The van der Waals surface area contributed by atoms with Gasteiger partial charge in [-0.3, -0.25) is 0 Å². The zero-order valence-electron chi connectivity index (χ0n) is 12.1. The van der Waals surface area contributed by atoms with Crippen LogP contribution < -0.4 is 5.32 Å². The van der Waals surface area contributed by atoms with Crippen LogP contribution in [0.15, 0.2) is 24.3 Å². The Morgan fingerprint density at radius 3 is 2.35 bits per heavy atom. The second-order valence-electron chi connectivity index (χ2n) is 5.09. The molecule has 20 heavy (non-hydrogen) atoms. The van der Waals surface area contributed by atoms with Gasteiger partial charge < -0.3 is 15.5 Å². The second-order valence-corrected chi connectivity index (χ2v) is 5.09. The van der Waals surface area contributed by atoms with Crippen LogP contribution in [0.3, 0.4) is 0 Å². The van der Waals surface area contributed by atoms with Crippen LogP contribution >= 0.6 is 0 Å². The fourth-order valence-electron chi connectivity index (χ4n) is 2.19. The first-order chi connectivity index (χ1) is 9.67. The molecule has 0 bridgehead atoms. The lowest BCUT2D eigenvalue weighted by Gasteiger charge is -2.20. The lowest BCUT2D eigenvalue weighted by Crippen LogP contribution is -2.19. The van der Waals surface area contributed by atoms with Gasteiger partial charge in [-0.15, -0.1) is 0 Å². The fraction of sp³-hybridized carbons (Fsp3) is 0.562. The highest BCUT2D eigenvalue weighted by molar-refractivity contribution is 5.87. The Hall–Kier alpha value is -1.55. The summed E-state index contributed by atoms with van der Waals surface area (Å²) in [4.78, 5) is 10.8. The molecule has 1 atom stereocenters. The predicted octanol–water partition coefficient (Wildman–Crippen LogP) is 3.52. The standard InChI is InChI=1S/C16H25NO3/c1-2-3-6-14(7-4-5-12-18)17-15-10-8-13(9-11-15)16(19)20/h8-11,14,17-18H,2-7,12H2,1H3,(H,19,20). The van der Waals surface area contributed by atoms with E-state index >= 15 is 0 Å². The van der Waals surface area contributed by atoms with E-state index in [4.69, 9.17) is 10.2 Å². The molecule has 1 aromatic carbocycles. The molecule has 0 saturated carbocycles. The number of aliphatic hydroxyl groups is 1. The minimum absolute atomic E-state index is 0.244. The van der Waals surface area contributed by atoms with Gasteiger partial charge in [-0.2, -0.15) is 0 Å². The highest BCUT2D eigenvalue weighted by Gasteiger charge is 2.09. The van der Waals surface area contributed by atoms with Crippen LogP contribution in [0.25, 0.3) is 0 Å². The number of nitrogens with one attached hydrogen (secondary N) is 1. The molecule has 1 rings (SSSR count). The van der Waals surface area contributed by atoms with E-state index in [0.717, 1.165) is 37.8 Å². The summed E-state index contributed by atoms with van der Waals surface area (Å²) < 4.78 is 0. The van der Waals surface area contributed by atoms with Crippen molar-refractivity contribution in [2.24, 2.45) is 0 Å². The first-order valence-electron chi connectivity index (χ1n) is 7.38. The Kier molecular flexibility index (Phi) is 7.73. The van der Waals surface area contributed by atoms with Crippen LogP contribution in [0, 0.1) is 0 Å². The largest absolute Gasteiger partial charge is 0.478 e. The molecule has 4 nitrogen and oxygen atoms in total. The summed E-state index contributed by atoms with van der Waals surface area (Å²) in [6.07, 6.45) is 6.30. The minimum Gasteiger partial charge on any atom is -0.478 e. The molecule has 3 N–H and O–H groups in total. The molecular weight excluding hydrogens is 254 g/mol. The Labute approximate surface area is 120 Å². The van der Waals surface area contributed by atoms with E-state index in [1.165, 1.54) is 6.42 Å². The maximum absolute atomic E-state index is 10.8. The highest BCUT2D eigenvalue weighted by atomic mass is 16.4. The molecular formula is C16H25NO3. The number of hydrogen-bond acceptors (Lipinski definition) is 3. The third-order valence-corrected chi connectivity index (χ3v) is 3.37. The molecule has 0 aliphatic carbocycles. The van der Waals surface area contributed by atoms with Crippen molar-refractivity contribution >= 4 is 11.7 Å². The third-order valence-electron chi connectivity index (χ3n) is 3.37. The predicted molar refractivity (Wildman–Crippen MR) is 81.3 cm³/mol. The van der Waals surface area contributed by atoms with Crippen molar-refractivity contribution in [2.75, 3.05) is 11.9 Å². The number of unbranched alkanes of at least 4 members (excludes halogenated alkanes) is 2. The molecule has 0 spiro atoms. The van der Waals surface area contributed by atoms with E-state index in [0.29, 0.717) is 11.6 Å². The van der Waals surface area contributed by atoms with E-state index in [1.807, 2.05) is 12.1 Å². The number of hydrogen-bond donors (Lipinski definition) is 3. The van der Waals surface area contributed by atoms with Crippen molar-refractivity contribution in [1.29, 1.82) is 0 Å². The summed E-state index contributed by atoms with van der Waals surface area (Å²) in [6.45, 7) is 2.42. The third kappa shape index (κ3) is 6.06. The number of carboxylic acids is 1. The number of anilines is 1. The van der Waals surface area contributed by atoms with Gasteiger partial charge in [-0.25, -0.2) is 4.79 Å². The Balaban J connectivity index is 2.55. The number of aliphatic hydroxyl groups excluding tert-OH is 1. The monoisotopic (exact) mass is 279 g/mol. The summed E-state index contributed by atoms with van der Waals surface area (Å²) >= 11 is 0. The summed E-state index contributed by atoms with van der Waals surface area (Å²) in [6, 6.07) is 7.25. The average Bonchev–Trinajstić information content (AvgIpc) is 2.45. The molecule has 0 heterocycles. The summed E-state index contributed by atoms with van der Waals surface area (Å²) in [5, 5.41) is 21.2. The van der Waals surface area contributed by atoms with Crippen molar-refractivity contribution in [1.82, 2.24) is 0 Å². The van der Waals surface area contributed by atoms with E-state index in [1.54, 1.807) is 12.1 Å². The van der Waals surface area contributed by atoms with Crippen molar-refractivity contribution in [2.45, 2.75) is 51.5 Å². The van der Waals surface area contributed by atoms with Crippen LogP contribution in [-0.2, 0) is 0 Å². The number of aromatic carboxylic acids is 1. The van der Waals surface area contributed by atoms with Crippen LogP contribution in [0.2, 0.25) is 0 Å². The van der Waals surface area contributed by atoms with E-state index in [9.17, 15) is 4.79 Å². The Morgan fingerprint density at radius 1 is 1.15 bits per heavy atom. The zero-order chi connectivity index (χ0) is 14.8. The van der Waals surface area contributed by atoms with E-state index in [-0.39, 0.29) is 6.61 Å². The van der Waals surface area contributed by atoms with Gasteiger partial charge in [0.2, 0.25) is 0 Å². The van der Waals surface area contributed by atoms with Gasteiger partial charge in [0, 0.05) is 18.3 Å². The smallest absolute Gasteiger partial charge is 0.335 e. The zero-order valence-corrected chi connectivity index (χ0v) is 12.1. The average molecular weight is 279 g/mol. The van der Waals surface area contributed by atoms with Crippen LogP contribution in [0.5, 0.6) is 0 Å². The molecule has 0 amide bonds. The quantitative estimate of drug-likeness (QED) is 0.573. The normalized spacial score (nSPS) is 12.1. The second kappa shape index (κ2) is 9.37. The Bertz CT molecular complexity index is 389. The van der Waals surface area contributed by atoms with Gasteiger partial charge in [-0.05, 0) is 49.9 Å². The van der Waals surface area contributed by atoms with Gasteiger partial charge in [0.15, 0.2) is 0 Å². The molecule has 0 radical (unpaired) electrons. The maximum Gasteiger partial charge on any atom is 0.335 e. The molecule has 0 fully saturated rings. The highest BCUT2D eigenvalue weighted by Crippen LogP contribution is 2.17. The van der Waals surface area contributed by atoms with Crippen molar-refractivity contribution in [3.05, 3.63) is 29.8 Å². The lowest BCUT2D eigenvalue weighted by molar-refractivity contribution is 0.0697. The topological polar surface area (TPSA) is 69.6 Å². The van der Waals surface area contributed by atoms with Gasteiger partial charge >= 0.3 is 5.97 Å². The van der Waals surface area contributed by atoms with Gasteiger partial charge in [-0.1, -0.05) is 19.8 Å². The number of rotatable bonds is 10. The molecule has 0 aliphatic rings. The van der Waals surface area contributed by atoms with Crippen LogP contribution in [-0.4, -0.2) is 28.8 Å². The number of benzene rings is 1. The fourth-order valence-corrected chi connectivity index (χ4v) is 2.19. The van der Waals surface area contributed by atoms with Crippen LogP contribution in [0.1, 0.15) is 55.8 Å². The molecule has 4 heteroatoms. The number of carboxylic acid groups (broad SMARTS) is 1. The summed E-state index contributed by atoms with van der Waals surface area (Å²) in [5.74, 6) is -0.901. The van der Waals surface area contributed by atoms with Crippen molar-refractivity contribution in [3.63, 3.8) is 0 Å². The molecule has 0 aromatic heterocycles. The van der Waals surface area contributed by atoms with Gasteiger partial charge in [0.1, 0.15) is 0 Å². The molecule has 1 unspecified atom stereocenters. The van der Waals surface area contributed by atoms with E-state index < -0.39 is 5.97 Å². The van der Waals surface area contributed by atoms with Crippen molar-refractivity contribution in [3.8, 4) is 0 Å². The lowest BCUT2D eigenvalue weighted by atomic mass is 10.0. The Morgan fingerprint density at radius 2 is 1.80 bits per heavy atom. The first-order valence-corrected chi connectivity index (χ1v) is 7.38. The first kappa shape index (κ1) is 16.5. The number of carbonyl (C=O) groups is 1. The van der Waals surface area contributed by atoms with Crippen molar-refractivity contribution < 1.29 is 15.0 Å². The van der Waals surface area contributed by atoms with Gasteiger partial charge in [0.05, 0.1) is 5.56 Å². The minimum atomic E-state index is -0.901. The van der Waals surface area contributed by atoms with E-state index in [2.05, 4.69) is 12.2 Å². The van der Waals surface area contributed by atoms with Crippen LogP contribution in [0.4, 0.5) is 5.69 Å². The molecule has 0 saturated heterocycles. The maximum atomic E-state index is 10.8. The summed E-state index contributed by atoms with van der Waals surface area (Å²) in [7, 11) is 0. The molecule has 0 aliphatic heterocycles. The molecule has 112 valence electrons. The summed E-state index contributed by atoms with van der Waals surface area (Å²) in [5.41, 5.74) is 1.26. The molecule has 1 aromatic rings. The van der Waals surface area contributed by atoms with Gasteiger partial charge in [0.25, 0.3) is 0 Å².